The van der Waals surface area contributed by atoms with Crippen LogP contribution in [-0.2, 0) is 35.2 Å². The summed E-state index contributed by atoms with van der Waals surface area (Å²) in [5.41, 5.74) is 11.6. The van der Waals surface area contributed by atoms with Crippen LogP contribution in [0.2, 0.25) is 0 Å². The maximum atomic E-state index is 13.2. The molecule has 0 saturated heterocycles. The number of benzene rings is 1. The van der Waals surface area contributed by atoms with Gasteiger partial charge in [0, 0.05) is 12.8 Å². The Morgan fingerprint density at radius 2 is 1.32 bits per heavy atom. The van der Waals surface area contributed by atoms with Gasteiger partial charge in [0.15, 0.2) is 0 Å². The highest BCUT2D eigenvalue weighted by Crippen LogP contribution is 2.08. The molecule has 0 saturated carbocycles. The molecule has 0 aliphatic rings. The lowest BCUT2D eigenvalue weighted by atomic mass is 10.0. The van der Waals surface area contributed by atoms with Crippen molar-refractivity contribution < 1.29 is 44.1 Å². The predicted octanol–water partition coefficient (Wildman–Crippen LogP) is -1.44. The smallest absolute Gasteiger partial charge is 0.326 e. The maximum absolute atomic E-state index is 13.2. The highest BCUT2D eigenvalue weighted by molar-refractivity contribution is 5.95. The molecule has 3 amide bonds. The maximum Gasteiger partial charge on any atom is 0.326 e. The summed E-state index contributed by atoms with van der Waals surface area (Å²) in [7, 11) is 0. The van der Waals surface area contributed by atoms with E-state index in [1.807, 2.05) is 0 Å². The number of amides is 3. The number of hydrogen-bond acceptors (Lipinski definition) is 8. The zero-order valence-corrected chi connectivity index (χ0v) is 20.8. The van der Waals surface area contributed by atoms with Crippen LogP contribution in [0.3, 0.4) is 0 Å². The number of carboxylic acid groups (broad SMARTS) is 3. The molecule has 1 aromatic carbocycles. The van der Waals surface area contributed by atoms with Gasteiger partial charge in [0.25, 0.3) is 0 Å². The van der Waals surface area contributed by atoms with Crippen molar-refractivity contribution in [3.63, 3.8) is 0 Å². The minimum absolute atomic E-state index is 0.0533. The first kappa shape index (κ1) is 32.0. The second-order valence-corrected chi connectivity index (χ2v) is 8.63. The summed E-state index contributed by atoms with van der Waals surface area (Å²) in [6.07, 6.45) is -0.579. The van der Waals surface area contributed by atoms with Gasteiger partial charge in [-0.15, -0.1) is 0 Å². The normalized spacial score (nSPS) is 13.8. The molecule has 1 aromatic rings. The zero-order valence-electron chi connectivity index (χ0n) is 20.8. The number of carboxylic acids is 3. The molecule has 0 spiro atoms. The van der Waals surface area contributed by atoms with Crippen LogP contribution >= 0.6 is 0 Å². The summed E-state index contributed by atoms with van der Waals surface area (Å²) in [5.74, 6) is -6.57. The summed E-state index contributed by atoms with van der Waals surface area (Å²) >= 11 is 0. The number of hydrogen-bond donors (Lipinski definition) is 8. The van der Waals surface area contributed by atoms with Gasteiger partial charge in [-0.2, -0.15) is 0 Å². The van der Waals surface area contributed by atoms with Crippen LogP contribution < -0.4 is 27.4 Å². The number of carbonyl (C=O) groups excluding carboxylic acids is 3. The molecule has 210 valence electrons. The third-order valence-electron chi connectivity index (χ3n) is 5.49. The number of nitrogens with two attached hydrogens (primary N) is 2. The van der Waals surface area contributed by atoms with E-state index in [0.29, 0.717) is 24.9 Å². The highest BCUT2D eigenvalue weighted by Gasteiger charge is 2.31. The third kappa shape index (κ3) is 12.3. The topological polar surface area (TPSA) is 251 Å². The first-order valence-electron chi connectivity index (χ1n) is 12.0. The lowest BCUT2D eigenvalue weighted by Crippen LogP contribution is -2.57. The Morgan fingerprint density at radius 3 is 1.87 bits per heavy atom. The fraction of sp³-hybridized carbons (Fsp3) is 0.500. The number of rotatable bonds is 18. The number of carbonyl (C=O) groups is 6. The van der Waals surface area contributed by atoms with Crippen LogP contribution in [0.1, 0.15) is 44.1 Å². The van der Waals surface area contributed by atoms with Crippen LogP contribution in [0, 0.1) is 0 Å². The Bertz CT molecular complexity index is 973. The van der Waals surface area contributed by atoms with E-state index in [9.17, 15) is 33.9 Å². The van der Waals surface area contributed by atoms with Gasteiger partial charge in [0.2, 0.25) is 17.7 Å². The fourth-order valence-electron chi connectivity index (χ4n) is 3.45. The Labute approximate surface area is 219 Å². The highest BCUT2D eigenvalue weighted by atomic mass is 16.4. The molecular weight excluding hydrogens is 502 g/mol. The second-order valence-electron chi connectivity index (χ2n) is 8.63. The van der Waals surface area contributed by atoms with Crippen LogP contribution in [-0.4, -0.2) is 81.7 Å². The first-order chi connectivity index (χ1) is 17.9. The molecular formula is C24H35N5O9. The fourth-order valence-corrected chi connectivity index (χ4v) is 3.45. The Balaban J connectivity index is 3.10. The van der Waals surface area contributed by atoms with Crippen LogP contribution in [0.15, 0.2) is 30.3 Å². The molecule has 10 N–H and O–H groups in total. The predicted molar refractivity (Wildman–Crippen MR) is 134 cm³/mol. The summed E-state index contributed by atoms with van der Waals surface area (Å²) in [4.78, 5) is 72.1. The summed E-state index contributed by atoms with van der Waals surface area (Å²) in [5, 5.41) is 34.5. The molecule has 0 aliphatic carbocycles. The van der Waals surface area contributed by atoms with E-state index in [1.165, 1.54) is 0 Å². The average Bonchev–Trinajstić information content (AvgIpc) is 2.85. The molecule has 0 heterocycles. The molecule has 4 atom stereocenters. The quantitative estimate of drug-likeness (QED) is 0.101. The lowest BCUT2D eigenvalue weighted by Gasteiger charge is -2.25. The summed E-state index contributed by atoms with van der Waals surface area (Å²) in [6.45, 7) is 0.336. The molecule has 14 heteroatoms. The van der Waals surface area contributed by atoms with Gasteiger partial charge in [-0.1, -0.05) is 30.3 Å². The first-order valence-corrected chi connectivity index (χ1v) is 12.0. The largest absolute Gasteiger partial charge is 0.481 e. The molecule has 4 unspecified atom stereocenters. The SMILES string of the molecule is NCCCCC(NC(=O)C(CCC(=O)O)NC(=O)C(Cc1ccccc1)NC(=O)C(N)CC(=O)O)C(=O)O. The molecule has 0 bridgehead atoms. The monoisotopic (exact) mass is 537 g/mol. The number of nitrogens with one attached hydrogen (secondary N) is 3. The van der Waals surface area contributed by atoms with Crippen molar-refractivity contribution in [2.75, 3.05) is 6.54 Å². The number of unbranched alkanes of at least 4 members (excludes halogenated alkanes) is 1. The molecule has 14 nitrogen and oxygen atoms in total. The zero-order chi connectivity index (χ0) is 28.7. The van der Waals surface area contributed by atoms with Crippen molar-refractivity contribution in [3.05, 3.63) is 35.9 Å². The lowest BCUT2D eigenvalue weighted by molar-refractivity contribution is -0.143. The molecule has 0 fully saturated rings. The van der Waals surface area contributed by atoms with E-state index in [-0.39, 0.29) is 19.3 Å². The van der Waals surface area contributed by atoms with E-state index in [4.69, 9.17) is 21.7 Å². The Hall–Kier alpha value is -4.04. The van der Waals surface area contributed by atoms with Gasteiger partial charge in [0.1, 0.15) is 18.1 Å². The van der Waals surface area contributed by atoms with Crippen LogP contribution in [0.5, 0.6) is 0 Å². The Morgan fingerprint density at radius 1 is 0.737 bits per heavy atom. The minimum atomic E-state index is -1.45. The van der Waals surface area contributed by atoms with Crippen molar-refractivity contribution in [1.82, 2.24) is 16.0 Å². The van der Waals surface area contributed by atoms with Crippen molar-refractivity contribution in [2.24, 2.45) is 11.5 Å². The van der Waals surface area contributed by atoms with Crippen LogP contribution in [0.4, 0.5) is 0 Å². The molecule has 38 heavy (non-hydrogen) atoms. The standard InChI is InChI=1S/C24H35N5O9/c25-11-5-4-8-17(24(37)38)28-22(35)16(9-10-19(30)31)27-23(36)18(12-14-6-2-1-3-7-14)29-21(34)15(26)13-20(32)33/h1-3,6-7,15-18H,4-5,8-13,25-26H2,(H,27,36)(H,28,35)(H,29,34)(H,30,31)(H,32,33)(H,37,38). The molecule has 1 rings (SSSR count). The van der Waals surface area contributed by atoms with Gasteiger partial charge in [-0.3, -0.25) is 24.0 Å². The van der Waals surface area contributed by atoms with Gasteiger partial charge >= 0.3 is 17.9 Å². The van der Waals surface area contributed by atoms with E-state index >= 15 is 0 Å². The molecule has 0 aromatic heterocycles. The van der Waals surface area contributed by atoms with Crippen molar-refractivity contribution in [3.8, 4) is 0 Å². The molecule has 0 aliphatic heterocycles. The van der Waals surface area contributed by atoms with Gasteiger partial charge in [-0.05, 0) is 37.8 Å². The summed E-state index contributed by atoms with van der Waals surface area (Å²) in [6, 6.07) is 3.01. The van der Waals surface area contributed by atoms with Gasteiger partial charge in [-0.25, -0.2) is 4.79 Å². The second kappa shape index (κ2) is 16.7. The van der Waals surface area contributed by atoms with Crippen molar-refractivity contribution >= 4 is 35.6 Å². The van der Waals surface area contributed by atoms with E-state index in [1.54, 1.807) is 30.3 Å². The summed E-state index contributed by atoms with van der Waals surface area (Å²) < 4.78 is 0. The average molecular weight is 538 g/mol. The van der Waals surface area contributed by atoms with E-state index in [0.717, 1.165) is 0 Å². The molecule has 0 radical (unpaired) electrons. The minimum Gasteiger partial charge on any atom is -0.481 e. The van der Waals surface area contributed by atoms with Crippen LogP contribution in [0.25, 0.3) is 0 Å². The van der Waals surface area contributed by atoms with E-state index < -0.39 is 72.6 Å². The van der Waals surface area contributed by atoms with Crippen molar-refractivity contribution in [1.29, 1.82) is 0 Å². The number of aliphatic carboxylic acids is 3. The third-order valence-corrected chi connectivity index (χ3v) is 5.49. The van der Waals surface area contributed by atoms with Gasteiger partial charge < -0.3 is 42.7 Å². The Kier molecular flexibility index (Phi) is 14.0. The van der Waals surface area contributed by atoms with Crippen molar-refractivity contribution in [2.45, 2.75) is 69.1 Å². The van der Waals surface area contributed by atoms with E-state index in [2.05, 4.69) is 16.0 Å². The van der Waals surface area contributed by atoms with Gasteiger partial charge in [0.05, 0.1) is 12.5 Å².